The lowest BCUT2D eigenvalue weighted by atomic mass is 9.90. The Hall–Kier alpha value is -4.70. The monoisotopic (exact) mass is 468 g/mol. The van der Waals surface area contributed by atoms with E-state index in [0.717, 1.165) is 44.7 Å². The molecule has 2 aromatic heterocycles. The van der Waals surface area contributed by atoms with E-state index >= 15 is 0 Å². The van der Waals surface area contributed by atoms with Crippen LogP contribution in [-0.4, -0.2) is 24.2 Å². The van der Waals surface area contributed by atoms with Gasteiger partial charge in [-0.2, -0.15) is 0 Å². The van der Waals surface area contributed by atoms with Crippen LogP contribution in [0.25, 0.3) is 65.9 Å². The summed E-state index contributed by atoms with van der Waals surface area (Å²) in [5.74, 6) is 1.69. The zero-order valence-electron chi connectivity index (χ0n) is 20.1. The van der Waals surface area contributed by atoms with Crippen LogP contribution < -0.4 is 9.47 Å². The van der Waals surface area contributed by atoms with Gasteiger partial charge < -0.3 is 19.4 Å². The van der Waals surface area contributed by atoms with Crippen LogP contribution in [0.5, 0.6) is 11.5 Å². The van der Waals surface area contributed by atoms with Gasteiger partial charge in [-0.25, -0.2) is 0 Å². The third-order valence-corrected chi connectivity index (χ3v) is 7.17. The second-order valence-corrected chi connectivity index (χ2v) is 9.05. The molecule has 0 bridgehead atoms. The number of aromatic nitrogens is 2. The molecule has 7 aromatic rings. The number of fused-ring (bicyclic) bond motifs is 6. The Kier molecular flexibility index (Phi) is 4.55. The molecule has 0 spiro atoms. The molecule has 5 aromatic carbocycles. The van der Waals surface area contributed by atoms with Crippen molar-refractivity contribution >= 4 is 43.6 Å². The van der Waals surface area contributed by atoms with Crippen molar-refractivity contribution in [2.24, 2.45) is 0 Å². The van der Waals surface area contributed by atoms with Crippen LogP contribution in [0.4, 0.5) is 0 Å². The number of ether oxygens (including phenoxy) is 2. The standard InChI is InChI=1S/C32H24N2O2/c1-35-21-15-11-19(12-16-21)27-29-23-7-3-5-9-25(23)34-32(29)28(20-13-17-22(36-2)18-14-20)30-24-8-4-6-10-26(24)33-31(27)30/h3-18,33-34H,1-2H3. The van der Waals surface area contributed by atoms with Gasteiger partial charge in [-0.15, -0.1) is 0 Å². The van der Waals surface area contributed by atoms with Gasteiger partial charge in [0.25, 0.3) is 0 Å². The molecule has 0 fully saturated rings. The highest BCUT2D eigenvalue weighted by molar-refractivity contribution is 6.31. The summed E-state index contributed by atoms with van der Waals surface area (Å²) in [6, 6.07) is 33.8. The van der Waals surface area contributed by atoms with Crippen molar-refractivity contribution in [3.05, 3.63) is 97.1 Å². The van der Waals surface area contributed by atoms with Gasteiger partial charge >= 0.3 is 0 Å². The fraction of sp³-hybridized carbons (Fsp3) is 0.0625. The smallest absolute Gasteiger partial charge is 0.118 e. The van der Waals surface area contributed by atoms with Crippen molar-refractivity contribution in [2.75, 3.05) is 14.2 Å². The van der Waals surface area contributed by atoms with E-state index in [9.17, 15) is 0 Å². The molecular formula is C32H24N2O2. The van der Waals surface area contributed by atoms with Crippen LogP contribution in [0.1, 0.15) is 0 Å². The fourth-order valence-corrected chi connectivity index (χ4v) is 5.52. The van der Waals surface area contributed by atoms with E-state index in [1.165, 1.54) is 32.7 Å². The molecule has 36 heavy (non-hydrogen) atoms. The van der Waals surface area contributed by atoms with Crippen molar-refractivity contribution in [2.45, 2.75) is 0 Å². The lowest BCUT2D eigenvalue weighted by Crippen LogP contribution is -1.90. The summed E-state index contributed by atoms with van der Waals surface area (Å²) in [5.41, 5.74) is 9.16. The number of methoxy groups -OCH3 is 2. The number of hydrogen-bond acceptors (Lipinski definition) is 2. The molecule has 174 valence electrons. The predicted molar refractivity (Wildman–Crippen MR) is 149 cm³/mol. The van der Waals surface area contributed by atoms with Gasteiger partial charge in [0.15, 0.2) is 0 Å². The molecule has 0 amide bonds. The van der Waals surface area contributed by atoms with Gasteiger partial charge in [0.05, 0.1) is 25.3 Å². The Morgan fingerprint density at radius 1 is 0.472 bits per heavy atom. The van der Waals surface area contributed by atoms with Gasteiger partial charge in [0.1, 0.15) is 11.5 Å². The number of aromatic amines is 2. The molecule has 4 nitrogen and oxygen atoms in total. The maximum Gasteiger partial charge on any atom is 0.118 e. The number of hydrogen-bond donors (Lipinski definition) is 2. The topological polar surface area (TPSA) is 50.0 Å². The highest BCUT2D eigenvalue weighted by atomic mass is 16.5. The van der Waals surface area contributed by atoms with E-state index in [-0.39, 0.29) is 0 Å². The van der Waals surface area contributed by atoms with Gasteiger partial charge in [0.2, 0.25) is 0 Å². The maximum absolute atomic E-state index is 5.45. The number of para-hydroxylation sites is 2. The van der Waals surface area contributed by atoms with Crippen LogP contribution in [0, 0.1) is 0 Å². The average molecular weight is 469 g/mol. The number of benzene rings is 5. The Morgan fingerprint density at radius 2 is 0.861 bits per heavy atom. The summed E-state index contributed by atoms with van der Waals surface area (Å²) in [4.78, 5) is 7.57. The molecular weight excluding hydrogens is 444 g/mol. The third kappa shape index (κ3) is 2.94. The van der Waals surface area contributed by atoms with E-state index in [1.807, 2.05) is 24.3 Å². The van der Waals surface area contributed by atoms with Gasteiger partial charge in [0, 0.05) is 43.7 Å². The first-order chi connectivity index (χ1) is 17.8. The van der Waals surface area contributed by atoms with E-state index in [1.54, 1.807) is 14.2 Å². The molecule has 2 N–H and O–H groups in total. The zero-order chi connectivity index (χ0) is 24.2. The maximum atomic E-state index is 5.45. The Labute approximate surface area is 208 Å². The highest BCUT2D eigenvalue weighted by Gasteiger charge is 2.23. The first-order valence-corrected chi connectivity index (χ1v) is 12.0. The van der Waals surface area contributed by atoms with E-state index in [2.05, 4.69) is 82.8 Å². The summed E-state index contributed by atoms with van der Waals surface area (Å²) in [7, 11) is 3.40. The quantitative estimate of drug-likeness (QED) is 0.273. The van der Waals surface area contributed by atoms with Crippen molar-refractivity contribution < 1.29 is 9.47 Å². The Bertz CT molecular complexity index is 1750. The molecule has 0 saturated heterocycles. The van der Waals surface area contributed by atoms with Crippen LogP contribution >= 0.6 is 0 Å². The lowest BCUT2D eigenvalue weighted by molar-refractivity contribution is 0.415. The van der Waals surface area contributed by atoms with Crippen molar-refractivity contribution in [3.8, 4) is 33.8 Å². The van der Waals surface area contributed by atoms with Crippen LogP contribution in [0.15, 0.2) is 97.1 Å². The second kappa shape index (κ2) is 7.92. The van der Waals surface area contributed by atoms with Crippen molar-refractivity contribution in [3.63, 3.8) is 0 Å². The summed E-state index contributed by atoms with van der Waals surface area (Å²) >= 11 is 0. The second-order valence-electron chi connectivity index (χ2n) is 9.05. The molecule has 0 aliphatic carbocycles. The lowest BCUT2D eigenvalue weighted by Gasteiger charge is -2.14. The molecule has 2 heterocycles. The third-order valence-electron chi connectivity index (χ3n) is 7.17. The van der Waals surface area contributed by atoms with Crippen LogP contribution in [0.2, 0.25) is 0 Å². The van der Waals surface area contributed by atoms with Gasteiger partial charge in [-0.1, -0.05) is 60.7 Å². The zero-order valence-corrected chi connectivity index (χ0v) is 20.1. The molecule has 7 rings (SSSR count). The minimum absolute atomic E-state index is 0.844. The summed E-state index contributed by atoms with van der Waals surface area (Å²) < 4.78 is 10.9. The van der Waals surface area contributed by atoms with Gasteiger partial charge in [-0.3, -0.25) is 0 Å². The van der Waals surface area contributed by atoms with E-state index in [0.29, 0.717) is 0 Å². The SMILES string of the molecule is COc1ccc(-c2c3[nH]c4ccccc4c3c(-c3ccc(OC)cc3)c3[nH]c4ccccc4c23)cc1. The van der Waals surface area contributed by atoms with E-state index in [4.69, 9.17) is 9.47 Å². The molecule has 0 aliphatic heterocycles. The molecule has 0 aliphatic rings. The summed E-state index contributed by atoms with van der Waals surface area (Å²) in [6.45, 7) is 0. The van der Waals surface area contributed by atoms with E-state index < -0.39 is 0 Å². The number of rotatable bonds is 4. The highest BCUT2D eigenvalue weighted by Crippen LogP contribution is 2.48. The van der Waals surface area contributed by atoms with Crippen molar-refractivity contribution in [1.29, 1.82) is 0 Å². The average Bonchev–Trinajstić information content (AvgIpc) is 3.51. The Balaban J connectivity index is 1.73. The minimum Gasteiger partial charge on any atom is -0.497 e. The summed E-state index contributed by atoms with van der Waals surface area (Å²) in [6.07, 6.45) is 0. The predicted octanol–water partition coefficient (Wildman–Crippen LogP) is 8.31. The first kappa shape index (κ1) is 20.7. The van der Waals surface area contributed by atoms with Crippen molar-refractivity contribution in [1.82, 2.24) is 9.97 Å². The van der Waals surface area contributed by atoms with Gasteiger partial charge in [-0.05, 0) is 47.5 Å². The summed E-state index contributed by atoms with van der Waals surface area (Å²) in [5, 5.41) is 4.82. The molecule has 4 heteroatoms. The normalized spacial score (nSPS) is 11.6. The minimum atomic E-state index is 0.844. The fourth-order valence-electron chi connectivity index (χ4n) is 5.52. The molecule has 0 saturated carbocycles. The molecule has 0 radical (unpaired) electrons. The first-order valence-electron chi connectivity index (χ1n) is 12.0. The Morgan fingerprint density at radius 3 is 1.25 bits per heavy atom. The van der Waals surface area contributed by atoms with Crippen LogP contribution in [0.3, 0.4) is 0 Å². The largest absolute Gasteiger partial charge is 0.497 e. The molecule has 0 unspecified atom stereocenters. The van der Waals surface area contributed by atoms with Crippen LogP contribution in [-0.2, 0) is 0 Å². The number of H-pyrrole nitrogens is 2. The number of nitrogens with one attached hydrogen (secondary N) is 2. The molecule has 0 atom stereocenters.